The summed E-state index contributed by atoms with van der Waals surface area (Å²) in [5.74, 6) is -2.21. The number of rotatable bonds is 1. The lowest BCUT2D eigenvalue weighted by molar-refractivity contribution is -0.240. The number of nitrogens with one attached hydrogen (secondary N) is 1. The van der Waals surface area contributed by atoms with Crippen LogP contribution in [0.3, 0.4) is 0 Å². The molecular formula is C10H15F3N2O2. The second kappa shape index (κ2) is 4.19. The minimum Gasteiger partial charge on any atom is -0.331 e. The summed E-state index contributed by atoms with van der Waals surface area (Å²) in [6, 6.07) is 0. The van der Waals surface area contributed by atoms with Crippen LogP contribution in [0.25, 0.3) is 0 Å². The number of alkyl halides is 3. The quantitative estimate of drug-likeness (QED) is 0.780. The van der Waals surface area contributed by atoms with E-state index >= 15 is 0 Å². The monoisotopic (exact) mass is 252 g/mol. The lowest BCUT2D eigenvalue weighted by atomic mass is 9.85. The topological polar surface area (TPSA) is 53.4 Å². The van der Waals surface area contributed by atoms with E-state index in [0.29, 0.717) is 12.8 Å². The molecule has 1 saturated heterocycles. The summed E-state index contributed by atoms with van der Waals surface area (Å²) in [4.78, 5) is 15.0. The van der Waals surface area contributed by atoms with E-state index in [1.165, 1.54) is 0 Å². The number of nitrogens with zero attached hydrogens (tertiary/aromatic N) is 1. The van der Waals surface area contributed by atoms with Crippen molar-refractivity contribution >= 4 is 11.8 Å². The van der Waals surface area contributed by atoms with Crippen molar-refractivity contribution in [3.05, 3.63) is 0 Å². The fourth-order valence-electron chi connectivity index (χ4n) is 2.10. The summed E-state index contributed by atoms with van der Waals surface area (Å²) >= 11 is 0. The number of carbonyl (C=O) groups excluding carboxylic acids is 1. The SMILES string of the molecule is CC1CC(=N)N(OC(=O)C(F)(F)F)C(C)(C)C1. The van der Waals surface area contributed by atoms with Crippen LogP contribution >= 0.6 is 0 Å². The summed E-state index contributed by atoms with van der Waals surface area (Å²) in [5, 5.41) is 8.38. The average molecular weight is 252 g/mol. The molecule has 1 unspecified atom stereocenters. The van der Waals surface area contributed by atoms with E-state index in [1.807, 2.05) is 6.92 Å². The minimum absolute atomic E-state index is 0.105. The van der Waals surface area contributed by atoms with Crippen LogP contribution < -0.4 is 0 Å². The summed E-state index contributed by atoms with van der Waals surface area (Å²) in [7, 11) is 0. The Morgan fingerprint density at radius 1 is 1.53 bits per heavy atom. The average Bonchev–Trinajstić information content (AvgIpc) is 2.07. The van der Waals surface area contributed by atoms with Crippen molar-refractivity contribution in [2.45, 2.75) is 45.3 Å². The molecule has 1 atom stereocenters. The first-order valence-electron chi connectivity index (χ1n) is 5.21. The maximum atomic E-state index is 12.1. The molecular weight excluding hydrogens is 237 g/mol. The maximum absolute atomic E-state index is 12.1. The second-order valence-electron chi connectivity index (χ2n) is 4.94. The third-order valence-corrected chi connectivity index (χ3v) is 2.59. The Balaban J connectivity index is 2.82. The molecule has 4 nitrogen and oxygen atoms in total. The first kappa shape index (κ1) is 13.8. The molecule has 1 aliphatic heterocycles. The van der Waals surface area contributed by atoms with Crippen LogP contribution in [-0.2, 0) is 9.63 Å². The van der Waals surface area contributed by atoms with Gasteiger partial charge in [0.05, 0.1) is 5.54 Å². The first-order chi connectivity index (χ1) is 7.54. The van der Waals surface area contributed by atoms with Crippen molar-refractivity contribution in [3.63, 3.8) is 0 Å². The Morgan fingerprint density at radius 2 is 2.06 bits per heavy atom. The van der Waals surface area contributed by atoms with Crippen LogP contribution in [0.4, 0.5) is 13.2 Å². The van der Waals surface area contributed by atoms with Crippen molar-refractivity contribution in [1.29, 1.82) is 5.41 Å². The highest BCUT2D eigenvalue weighted by Crippen LogP contribution is 2.33. The van der Waals surface area contributed by atoms with Crippen LogP contribution in [0.2, 0.25) is 0 Å². The highest BCUT2D eigenvalue weighted by atomic mass is 19.4. The summed E-state index contributed by atoms with van der Waals surface area (Å²) in [6.45, 7) is 5.18. The van der Waals surface area contributed by atoms with E-state index in [-0.39, 0.29) is 11.8 Å². The van der Waals surface area contributed by atoms with Gasteiger partial charge >= 0.3 is 12.1 Å². The van der Waals surface area contributed by atoms with Crippen molar-refractivity contribution < 1.29 is 22.8 Å². The molecule has 0 spiro atoms. The number of hydrogen-bond donors (Lipinski definition) is 1. The van der Waals surface area contributed by atoms with Crippen molar-refractivity contribution in [2.24, 2.45) is 5.92 Å². The summed E-state index contributed by atoms with van der Waals surface area (Å²) in [5.41, 5.74) is -0.796. The molecule has 0 aromatic carbocycles. The van der Waals surface area contributed by atoms with Crippen LogP contribution in [0.15, 0.2) is 0 Å². The molecule has 0 aliphatic carbocycles. The fraction of sp³-hybridized carbons (Fsp3) is 0.800. The van der Waals surface area contributed by atoms with Gasteiger partial charge in [-0.2, -0.15) is 18.2 Å². The van der Waals surface area contributed by atoms with Crippen molar-refractivity contribution in [2.75, 3.05) is 0 Å². The number of halogens is 3. The third kappa shape index (κ3) is 3.10. The Morgan fingerprint density at radius 3 is 2.47 bits per heavy atom. The molecule has 1 fully saturated rings. The van der Waals surface area contributed by atoms with Gasteiger partial charge in [0.15, 0.2) is 0 Å². The van der Waals surface area contributed by atoms with Gasteiger partial charge in [-0.15, -0.1) is 0 Å². The van der Waals surface area contributed by atoms with E-state index in [4.69, 9.17) is 5.41 Å². The largest absolute Gasteiger partial charge is 0.493 e. The van der Waals surface area contributed by atoms with Crippen LogP contribution in [0.5, 0.6) is 0 Å². The molecule has 0 aromatic heterocycles. The van der Waals surface area contributed by atoms with Gasteiger partial charge in [0, 0.05) is 6.42 Å². The van der Waals surface area contributed by atoms with Crippen LogP contribution in [-0.4, -0.2) is 28.6 Å². The smallest absolute Gasteiger partial charge is 0.331 e. The molecule has 1 N–H and O–H groups in total. The lowest BCUT2D eigenvalue weighted by Gasteiger charge is -2.43. The van der Waals surface area contributed by atoms with Gasteiger partial charge in [0.25, 0.3) is 0 Å². The molecule has 1 rings (SSSR count). The first-order valence-corrected chi connectivity index (χ1v) is 5.21. The number of hydrogen-bond acceptors (Lipinski definition) is 3. The molecule has 7 heteroatoms. The third-order valence-electron chi connectivity index (χ3n) is 2.59. The van der Waals surface area contributed by atoms with Crippen molar-refractivity contribution in [1.82, 2.24) is 5.06 Å². The Kier molecular flexibility index (Phi) is 3.40. The van der Waals surface area contributed by atoms with Gasteiger partial charge < -0.3 is 4.84 Å². The zero-order chi connectivity index (χ0) is 13.4. The predicted molar refractivity (Wildman–Crippen MR) is 54.2 cm³/mol. The number of amidine groups is 1. The van der Waals surface area contributed by atoms with Gasteiger partial charge in [-0.3, -0.25) is 5.41 Å². The second-order valence-corrected chi connectivity index (χ2v) is 4.94. The normalized spacial score (nSPS) is 24.7. The van der Waals surface area contributed by atoms with Crippen LogP contribution in [0, 0.1) is 11.3 Å². The zero-order valence-corrected chi connectivity index (χ0v) is 9.89. The van der Waals surface area contributed by atoms with Gasteiger partial charge in [-0.25, -0.2) is 4.79 Å². The fourth-order valence-corrected chi connectivity index (χ4v) is 2.10. The molecule has 0 bridgehead atoms. The molecule has 0 saturated carbocycles. The highest BCUT2D eigenvalue weighted by Gasteiger charge is 2.46. The Labute approximate surface area is 97.2 Å². The standard InChI is InChI=1S/C10H15F3N2O2/c1-6-4-7(14)15(9(2,3)5-6)17-8(16)10(11,12)13/h6,14H,4-5H2,1-3H3. The van der Waals surface area contributed by atoms with Gasteiger partial charge in [-0.1, -0.05) is 6.92 Å². The number of carbonyl (C=O) groups is 1. The molecule has 0 amide bonds. The summed E-state index contributed by atoms with van der Waals surface area (Å²) in [6.07, 6.45) is -4.19. The van der Waals surface area contributed by atoms with E-state index in [2.05, 4.69) is 4.84 Å². The molecule has 17 heavy (non-hydrogen) atoms. The lowest BCUT2D eigenvalue weighted by Crippen LogP contribution is -2.54. The predicted octanol–water partition coefficient (Wildman–Crippen LogP) is 2.49. The summed E-state index contributed by atoms with van der Waals surface area (Å²) < 4.78 is 36.3. The number of piperidine rings is 1. The highest BCUT2D eigenvalue weighted by molar-refractivity contribution is 5.83. The molecule has 0 radical (unpaired) electrons. The van der Waals surface area contributed by atoms with Gasteiger partial charge in [0.2, 0.25) is 0 Å². The van der Waals surface area contributed by atoms with E-state index in [1.54, 1.807) is 13.8 Å². The van der Waals surface area contributed by atoms with Crippen LogP contribution in [0.1, 0.15) is 33.6 Å². The van der Waals surface area contributed by atoms with E-state index < -0.39 is 17.7 Å². The minimum atomic E-state index is -5.04. The van der Waals surface area contributed by atoms with Gasteiger partial charge in [-0.05, 0) is 26.2 Å². The Hall–Kier alpha value is -1.27. The van der Waals surface area contributed by atoms with E-state index in [0.717, 1.165) is 5.06 Å². The molecule has 1 heterocycles. The molecule has 0 aromatic rings. The van der Waals surface area contributed by atoms with Crippen molar-refractivity contribution in [3.8, 4) is 0 Å². The zero-order valence-electron chi connectivity index (χ0n) is 9.89. The van der Waals surface area contributed by atoms with Gasteiger partial charge in [0.1, 0.15) is 5.84 Å². The van der Waals surface area contributed by atoms with E-state index in [9.17, 15) is 18.0 Å². The Bertz CT molecular complexity index is 339. The maximum Gasteiger partial charge on any atom is 0.493 e. The molecule has 98 valence electrons. The molecule has 1 aliphatic rings. The number of hydroxylamine groups is 2.